The van der Waals surface area contributed by atoms with Crippen LogP contribution >= 0.6 is 0 Å². The van der Waals surface area contributed by atoms with Crippen molar-refractivity contribution in [3.05, 3.63) is 60.7 Å². The fraction of sp³-hybridized carbons (Fsp3) is 0. The Kier molecular flexibility index (Phi) is 8.75. The van der Waals surface area contributed by atoms with Crippen LogP contribution in [-0.2, 0) is 0 Å². The third-order valence-electron chi connectivity index (χ3n) is 1.51. The molecular formula is C12H12KO2. The number of para-hydroxylation sites is 2. The molecule has 0 saturated carbocycles. The standard InChI is InChI=1S/2C6H6O.K/c2*7-6-4-2-1-3-5-6;/h2*1-5,7H;. The first-order valence-corrected chi connectivity index (χ1v) is 4.27. The number of benzene rings is 2. The summed E-state index contributed by atoms with van der Waals surface area (Å²) in [6.45, 7) is 0. The minimum atomic E-state index is 0. The first-order chi connectivity index (χ1) is 6.79. The molecule has 0 unspecified atom stereocenters. The Bertz CT molecular complexity index is 311. The molecule has 2 N–H and O–H groups in total. The Hall–Kier alpha value is -0.324. The average molecular weight is 227 g/mol. The summed E-state index contributed by atoms with van der Waals surface area (Å²) in [5, 5.41) is 17.3. The van der Waals surface area contributed by atoms with Crippen LogP contribution in [0.25, 0.3) is 0 Å². The fourth-order valence-electron chi connectivity index (χ4n) is 0.856. The third kappa shape index (κ3) is 7.59. The van der Waals surface area contributed by atoms with E-state index in [1.807, 2.05) is 12.1 Å². The van der Waals surface area contributed by atoms with E-state index in [-0.39, 0.29) is 51.4 Å². The fourth-order valence-corrected chi connectivity index (χ4v) is 0.856. The summed E-state index contributed by atoms with van der Waals surface area (Å²) in [5.74, 6) is 0.644. The van der Waals surface area contributed by atoms with Crippen LogP contribution in [0.5, 0.6) is 11.5 Å². The van der Waals surface area contributed by atoms with Crippen LogP contribution in [0.4, 0.5) is 0 Å². The Morgan fingerprint density at radius 1 is 0.533 bits per heavy atom. The van der Waals surface area contributed by atoms with E-state index in [9.17, 15) is 0 Å². The van der Waals surface area contributed by atoms with Gasteiger partial charge in [-0.2, -0.15) is 0 Å². The molecule has 0 aromatic heterocycles. The van der Waals surface area contributed by atoms with Crippen LogP contribution in [0.15, 0.2) is 60.7 Å². The molecule has 0 aliphatic rings. The van der Waals surface area contributed by atoms with Crippen LogP contribution in [-0.4, -0.2) is 61.6 Å². The normalized spacial score (nSPS) is 8.00. The van der Waals surface area contributed by atoms with E-state index < -0.39 is 0 Å². The predicted molar refractivity (Wildman–Crippen MR) is 62.0 cm³/mol. The number of rotatable bonds is 0. The average Bonchev–Trinajstić information content (AvgIpc) is 2.21. The molecule has 0 fully saturated rings. The molecule has 2 nitrogen and oxygen atoms in total. The SMILES string of the molecule is Oc1ccccc1.Oc1ccccc1.[K]. The smallest absolute Gasteiger partial charge is 0.115 e. The van der Waals surface area contributed by atoms with Gasteiger partial charge in [-0.05, 0) is 24.3 Å². The van der Waals surface area contributed by atoms with Crippen molar-refractivity contribution in [3.8, 4) is 11.5 Å². The zero-order valence-electron chi connectivity index (χ0n) is 8.67. The second-order valence-corrected chi connectivity index (χ2v) is 2.67. The summed E-state index contributed by atoms with van der Waals surface area (Å²) >= 11 is 0. The number of hydrogen-bond donors (Lipinski definition) is 2. The van der Waals surface area contributed by atoms with Crippen LogP contribution < -0.4 is 0 Å². The largest absolute Gasteiger partial charge is 0.508 e. The Morgan fingerprint density at radius 3 is 0.933 bits per heavy atom. The van der Waals surface area contributed by atoms with Gasteiger partial charge < -0.3 is 10.2 Å². The summed E-state index contributed by atoms with van der Waals surface area (Å²) in [5.41, 5.74) is 0. The third-order valence-corrected chi connectivity index (χ3v) is 1.51. The number of phenols is 2. The molecule has 73 valence electrons. The number of aromatic hydroxyl groups is 2. The van der Waals surface area contributed by atoms with Crippen LogP contribution in [0.1, 0.15) is 0 Å². The maximum atomic E-state index is 8.63. The first kappa shape index (κ1) is 14.7. The van der Waals surface area contributed by atoms with E-state index in [0.717, 1.165) is 0 Å². The molecule has 0 amide bonds. The Morgan fingerprint density at radius 2 is 0.800 bits per heavy atom. The van der Waals surface area contributed by atoms with Crippen molar-refractivity contribution < 1.29 is 10.2 Å². The van der Waals surface area contributed by atoms with Crippen molar-refractivity contribution in [1.82, 2.24) is 0 Å². The van der Waals surface area contributed by atoms with Crippen LogP contribution in [0, 0.1) is 0 Å². The van der Waals surface area contributed by atoms with Crippen molar-refractivity contribution in [1.29, 1.82) is 0 Å². The van der Waals surface area contributed by atoms with E-state index >= 15 is 0 Å². The maximum Gasteiger partial charge on any atom is 0.115 e. The summed E-state index contributed by atoms with van der Waals surface area (Å²) in [7, 11) is 0. The van der Waals surface area contributed by atoms with Gasteiger partial charge in [0.05, 0.1) is 0 Å². The predicted octanol–water partition coefficient (Wildman–Crippen LogP) is 2.40. The summed E-state index contributed by atoms with van der Waals surface area (Å²) in [4.78, 5) is 0. The molecule has 0 spiro atoms. The molecule has 15 heavy (non-hydrogen) atoms. The maximum absolute atomic E-state index is 8.63. The van der Waals surface area contributed by atoms with Gasteiger partial charge in [-0.3, -0.25) is 0 Å². The van der Waals surface area contributed by atoms with E-state index in [1.165, 1.54) is 0 Å². The molecule has 0 aliphatic carbocycles. The van der Waals surface area contributed by atoms with E-state index in [4.69, 9.17) is 10.2 Å². The quantitative estimate of drug-likeness (QED) is 0.678. The number of hydrogen-bond acceptors (Lipinski definition) is 2. The van der Waals surface area contributed by atoms with Gasteiger partial charge in [0, 0.05) is 51.4 Å². The molecule has 2 aromatic carbocycles. The van der Waals surface area contributed by atoms with Crippen molar-refractivity contribution in [2.75, 3.05) is 0 Å². The molecule has 0 saturated heterocycles. The Labute approximate surface area is 132 Å². The van der Waals surface area contributed by atoms with Crippen molar-refractivity contribution in [3.63, 3.8) is 0 Å². The molecule has 0 heterocycles. The number of phenolic OH excluding ortho intramolecular Hbond substituents is 2. The molecule has 2 aromatic rings. The van der Waals surface area contributed by atoms with Gasteiger partial charge >= 0.3 is 0 Å². The van der Waals surface area contributed by atoms with Crippen molar-refractivity contribution in [2.24, 2.45) is 0 Å². The van der Waals surface area contributed by atoms with Gasteiger partial charge in [-0.1, -0.05) is 36.4 Å². The molecule has 0 aliphatic heterocycles. The minimum Gasteiger partial charge on any atom is -0.508 e. The second kappa shape index (κ2) is 8.94. The van der Waals surface area contributed by atoms with Crippen molar-refractivity contribution >= 4 is 51.4 Å². The van der Waals surface area contributed by atoms with Gasteiger partial charge in [0.1, 0.15) is 11.5 Å². The van der Waals surface area contributed by atoms with Crippen LogP contribution in [0.2, 0.25) is 0 Å². The minimum absolute atomic E-state index is 0. The molecule has 0 atom stereocenters. The van der Waals surface area contributed by atoms with Gasteiger partial charge in [0.15, 0.2) is 0 Å². The first-order valence-electron chi connectivity index (χ1n) is 4.27. The van der Waals surface area contributed by atoms with E-state index in [0.29, 0.717) is 11.5 Å². The van der Waals surface area contributed by atoms with E-state index in [1.54, 1.807) is 48.5 Å². The second-order valence-electron chi connectivity index (χ2n) is 2.67. The molecule has 2 rings (SSSR count). The van der Waals surface area contributed by atoms with E-state index in [2.05, 4.69) is 0 Å². The summed E-state index contributed by atoms with van der Waals surface area (Å²) < 4.78 is 0. The molecule has 3 heteroatoms. The molecule has 0 bridgehead atoms. The zero-order chi connectivity index (χ0) is 10.2. The zero-order valence-corrected chi connectivity index (χ0v) is 11.8. The Balaban J connectivity index is 0.000000245. The topological polar surface area (TPSA) is 40.5 Å². The van der Waals surface area contributed by atoms with Gasteiger partial charge in [0.2, 0.25) is 0 Å². The monoisotopic (exact) mass is 227 g/mol. The van der Waals surface area contributed by atoms with Crippen molar-refractivity contribution in [2.45, 2.75) is 0 Å². The molecule has 1 radical (unpaired) electrons. The summed E-state index contributed by atoms with van der Waals surface area (Å²) in [6, 6.07) is 17.4. The van der Waals surface area contributed by atoms with Gasteiger partial charge in [0.25, 0.3) is 0 Å². The van der Waals surface area contributed by atoms with Gasteiger partial charge in [-0.25, -0.2) is 0 Å². The molecular weight excluding hydrogens is 215 g/mol. The summed E-state index contributed by atoms with van der Waals surface area (Å²) in [6.07, 6.45) is 0. The van der Waals surface area contributed by atoms with Crippen LogP contribution in [0.3, 0.4) is 0 Å². The van der Waals surface area contributed by atoms with Gasteiger partial charge in [-0.15, -0.1) is 0 Å².